The Hall–Kier alpha value is -3.64. The van der Waals surface area contributed by atoms with E-state index in [0.29, 0.717) is 21.8 Å². The summed E-state index contributed by atoms with van der Waals surface area (Å²) in [7, 11) is 0. The molecule has 1 N–H and O–H groups in total. The fourth-order valence-corrected chi connectivity index (χ4v) is 4.79. The molecule has 0 spiro atoms. The van der Waals surface area contributed by atoms with Crippen LogP contribution >= 0.6 is 11.6 Å². The highest BCUT2D eigenvalue weighted by molar-refractivity contribution is 6.30. The highest BCUT2D eigenvalue weighted by atomic mass is 35.5. The van der Waals surface area contributed by atoms with Crippen LogP contribution in [0.4, 0.5) is 4.39 Å². The number of fused-ring (bicyclic) bond motifs is 1. The van der Waals surface area contributed by atoms with E-state index in [1.54, 1.807) is 36.4 Å². The van der Waals surface area contributed by atoms with Crippen LogP contribution in [0.5, 0.6) is 0 Å². The van der Waals surface area contributed by atoms with E-state index < -0.39 is 22.9 Å². The molecule has 0 bridgehead atoms. The Bertz CT molecular complexity index is 1430. The SMILES string of the molecule is CC(=O)c1cc(F)c2c(c1)C(=O)N(Cc1ccc(C#N)cn1)C2(OCC1(CO)CC1)c1ccc(Cl)cc1. The number of ketones is 1. The topological polar surface area (TPSA) is 104 Å². The summed E-state index contributed by atoms with van der Waals surface area (Å²) in [6.45, 7) is 1.21. The number of carbonyl (C=O) groups excluding carboxylic acids is 2. The van der Waals surface area contributed by atoms with E-state index in [4.69, 9.17) is 21.6 Å². The molecule has 3 aromatic rings. The van der Waals surface area contributed by atoms with Gasteiger partial charge >= 0.3 is 0 Å². The van der Waals surface area contributed by atoms with Crippen molar-refractivity contribution in [1.29, 1.82) is 5.26 Å². The lowest BCUT2D eigenvalue weighted by Crippen LogP contribution is -2.48. The van der Waals surface area contributed by atoms with Gasteiger partial charge in [-0.1, -0.05) is 23.7 Å². The number of halogens is 2. The average Bonchev–Trinajstić information content (AvgIpc) is 3.65. The summed E-state index contributed by atoms with van der Waals surface area (Å²) in [6, 6.07) is 14.3. The van der Waals surface area contributed by atoms with Gasteiger partial charge in [0.25, 0.3) is 5.91 Å². The van der Waals surface area contributed by atoms with E-state index in [-0.39, 0.29) is 42.2 Å². The number of Topliss-reactive ketones (excluding diaryl/α,β-unsaturated/α-hetero) is 1. The number of nitrogens with zero attached hydrogens (tertiary/aromatic N) is 3. The first kappa shape index (κ1) is 25.0. The van der Waals surface area contributed by atoms with E-state index >= 15 is 4.39 Å². The highest BCUT2D eigenvalue weighted by Crippen LogP contribution is 2.52. The summed E-state index contributed by atoms with van der Waals surface area (Å²) in [4.78, 5) is 31.7. The number of pyridine rings is 1. The third-order valence-electron chi connectivity index (χ3n) is 7.08. The maximum absolute atomic E-state index is 15.9. The van der Waals surface area contributed by atoms with E-state index in [9.17, 15) is 14.7 Å². The minimum atomic E-state index is -1.71. The van der Waals surface area contributed by atoms with Crippen LogP contribution < -0.4 is 0 Å². The molecule has 1 fully saturated rings. The summed E-state index contributed by atoms with van der Waals surface area (Å²) in [5.41, 5.74) is -0.832. The second kappa shape index (κ2) is 9.34. The average molecular weight is 520 g/mol. The van der Waals surface area contributed by atoms with Crippen LogP contribution in [-0.4, -0.2) is 39.9 Å². The molecule has 2 aromatic carbocycles. The van der Waals surface area contributed by atoms with Crippen molar-refractivity contribution in [3.8, 4) is 6.07 Å². The second-order valence-electron chi connectivity index (χ2n) is 9.58. The van der Waals surface area contributed by atoms with Crippen LogP contribution in [0, 0.1) is 22.6 Å². The molecule has 1 atom stereocenters. The molecular formula is C28H23ClFN3O4. The second-order valence-corrected chi connectivity index (χ2v) is 10.0. The van der Waals surface area contributed by atoms with Crippen molar-refractivity contribution in [3.05, 3.63) is 99.1 Å². The van der Waals surface area contributed by atoms with E-state index in [2.05, 4.69) is 4.98 Å². The number of amides is 1. The summed E-state index contributed by atoms with van der Waals surface area (Å²) >= 11 is 6.15. The number of aromatic nitrogens is 1. The zero-order chi connectivity index (χ0) is 26.4. The van der Waals surface area contributed by atoms with Crippen molar-refractivity contribution in [2.24, 2.45) is 5.41 Å². The summed E-state index contributed by atoms with van der Waals surface area (Å²) in [5, 5.41) is 19.5. The van der Waals surface area contributed by atoms with Crippen LogP contribution in [-0.2, 0) is 17.0 Å². The van der Waals surface area contributed by atoms with Gasteiger partial charge in [-0.3, -0.25) is 19.5 Å². The van der Waals surface area contributed by atoms with Gasteiger partial charge in [0, 0.05) is 27.8 Å². The van der Waals surface area contributed by atoms with E-state index in [1.165, 1.54) is 24.1 Å². The number of rotatable bonds is 8. The fraction of sp³-hybridized carbons (Fsp3) is 0.286. The van der Waals surface area contributed by atoms with E-state index in [1.807, 2.05) is 6.07 Å². The molecule has 2 aliphatic rings. The molecule has 1 saturated carbocycles. The zero-order valence-corrected chi connectivity index (χ0v) is 20.8. The molecule has 37 heavy (non-hydrogen) atoms. The predicted octanol–water partition coefficient (Wildman–Crippen LogP) is 4.59. The Labute approximate surface area is 218 Å². The lowest BCUT2D eigenvalue weighted by atomic mass is 9.91. The van der Waals surface area contributed by atoms with Gasteiger partial charge < -0.3 is 9.84 Å². The highest BCUT2D eigenvalue weighted by Gasteiger charge is 2.56. The van der Waals surface area contributed by atoms with Gasteiger partial charge in [-0.05, 0) is 56.2 Å². The molecule has 2 heterocycles. The molecule has 0 radical (unpaired) electrons. The Morgan fingerprint density at radius 3 is 2.54 bits per heavy atom. The maximum Gasteiger partial charge on any atom is 0.257 e. The van der Waals surface area contributed by atoms with Gasteiger partial charge in [-0.25, -0.2) is 4.39 Å². The molecule has 7 nitrogen and oxygen atoms in total. The van der Waals surface area contributed by atoms with Crippen LogP contribution in [0.2, 0.25) is 5.02 Å². The number of carbonyl (C=O) groups is 2. The monoisotopic (exact) mass is 519 g/mol. The number of hydrogen-bond acceptors (Lipinski definition) is 6. The van der Waals surface area contributed by atoms with E-state index in [0.717, 1.165) is 18.9 Å². The van der Waals surface area contributed by atoms with Crippen molar-refractivity contribution >= 4 is 23.3 Å². The minimum absolute atomic E-state index is 0.00722. The molecule has 1 amide bonds. The third-order valence-corrected chi connectivity index (χ3v) is 7.33. The zero-order valence-electron chi connectivity index (χ0n) is 20.0. The van der Waals surface area contributed by atoms with Gasteiger partial charge in [-0.2, -0.15) is 5.26 Å². The van der Waals surface area contributed by atoms with Crippen LogP contribution in [0.3, 0.4) is 0 Å². The van der Waals surface area contributed by atoms with Crippen molar-refractivity contribution in [2.75, 3.05) is 13.2 Å². The lowest BCUT2D eigenvalue weighted by Gasteiger charge is -2.40. The van der Waals surface area contributed by atoms with Crippen LogP contribution in [0.1, 0.15) is 62.9 Å². The first-order valence-electron chi connectivity index (χ1n) is 11.8. The molecule has 9 heteroatoms. The van der Waals surface area contributed by atoms with Crippen LogP contribution in [0.15, 0.2) is 54.7 Å². The fourth-order valence-electron chi connectivity index (χ4n) is 4.67. The van der Waals surface area contributed by atoms with Gasteiger partial charge in [-0.15, -0.1) is 0 Å². The molecule has 0 saturated heterocycles. The molecule has 188 valence electrons. The van der Waals surface area contributed by atoms with Crippen LogP contribution in [0.25, 0.3) is 0 Å². The number of nitriles is 1. The summed E-state index contributed by atoms with van der Waals surface area (Å²) in [5.74, 6) is -1.67. The minimum Gasteiger partial charge on any atom is -0.396 e. The number of aliphatic hydroxyl groups excluding tert-OH is 1. The quantitative estimate of drug-likeness (QED) is 0.436. The number of aliphatic hydroxyl groups is 1. The van der Waals surface area contributed by atoms with Crippen molar-refractivity contribution < 1.29 is 23.8 Å². The van der Waals surface area contributed by atoms with Gasteiger partial charge in [0.05, 0.1) is 42.1 Å². The lowest BCUT2D eigenvalue weighted by molar-refractivity contribution is -0.130. The maximum atomic E-state index is 15.9. The molecular weight excluding hydrogens is 497 g/mol. The normalized spacial score (nSPS) is 19.4. The molecule has 1 aliphatic heterocycles. The number of benzene rings is 2. The Kier molecular flexibility index (Phi) is 6.32. The van der Waals surface area contributed by atoms with Gasteiger partial charge in [0.15, 0.2) is 11.5 Å². The molecule has 5 rings (SSSR count). The van der Waals surface area contributed by atoms with Gasteiger partial charge in [0.2, 0.25) is 0 Å². The van der Waals surface area contributed by atoms with Crippen molar-refractivity contribution in [3.63, 3.8) is 0 Å². The molecule has 1 aromatic heterocycles. The number of hydrogen-bond donors (Lipinski definition) is 1. The predicted molar refractivity (Wildman–Crippen MR) is 132 cm³/mol. The summed E-state index contributed by atoms with van der Waals surface area (Å²) < 4.78 is 22.5. The van der Waals surface area contributed by atoms with Crippen molar-refractivity contribution in [2.45, 2.75) is 32.0 Å². The first-order valence-corrected chi connectivity index (χ1v) is 12.1. The van der Waals surface area contributed by atoms with Crippen molar-refractivity contribution in [1.82, 2.24) is 9.88 Å². The number of ether oxygens (including phenoxy) is 1. The van der Waals surface area contributed by atoms with Gasteiger partial charge in [0.1, 0.15) is 11.9 Å². The Morgan fingerprint density at radius 1 is 1.24 bits per heavy atom. The summed E-state index contributed by atoms with van der Waals surface area (Å²) in [6.07, 6.45) is 2.88. The first-order chi connectivity index (χ1) is 17.7. The molecule has 1 aliphatic carbocycles. The molecule has 1 unspecified atom stereocenters. The largest absolute Gasteiger partial charge is 0.396 e. The third kappa shape index (κ3) is 4.29. The Morgan fingerprint density at radius 2 is 1.97 bits per heavy atom. The Balaban J connectivity index is 1.72. The smallest absolute Gasteiger partial charge is 0.257 e. The standard InChI is InChI=1S/C28H23ClFN3O4/c1-17(35)19-10-23-25(24(30)11-19)28(20-3-5-21(29)6-4-20,37-16-27(15-34)8-9-27)33(26(23)36)14-22-7-2-18(12-31)13-32-22/h2-7,10-11,13,34H,8-9,14-16H2,1H3.